The predicted octanol–water partition coefficient (Wildman–Crippen LogP) is 5.38. The van der Waals surface area contributed by atoms with Crippen molar-refractivity contribution in [2.75, 3.05) is 14.2 Å². The summed E-state index contributed by atoms with van der Waals surface area (Å²) in [5.74, 6) is 1.24. The molecule has 7 heteroatoms. The fourth-order valence-corrected chi connectivity index (χ4v) is 3.37. The molecular formula is C26H22O7. The zero-order valence-electron chi connectivity index (χ0n) is 18.4. The Kier molecular flexibility index (Phi) is 6.31. The largest absolute Gasteiger partial charge is 0.493 e. The van der Waals surface area contributed by atoms with E-state index >= 15 is 0 Å². The minimum atomic E-state index is -0.589. The molecule has 0 amide bonds. The Hall–Kier alpha value is -4.26. The second kappa shape index (κ2) is 9.48. The number of carbonyl (C=O) groups is 1. The summed E-state index contributed by atoms with van der Waals surface area (Å²) in [6.07, 6.45) is 2.03. The molecule has 0 fully saturated rings. The van der Waals surface area contributed by atoms with Crippen LogP contribution in [0.1, 0.15) is 22.8 Å². The first-order valence-corrected chi connectivity index (χ1v) is 10.3. The van der Waals surface area contributed by atoms with Crippen molar-refractivity contribution in [1.82, 2.24) is 0 Å². The summed E-state index contributed by atoms with van der Waals surface area (Å²) in [6, 6.07) is 16.8. The lowest BCUT2D eigenvalue weighted by Crippen LogP contribution is -2.09. The van der Waals surface area contributed by atoms with Gasteiger partial charge in [0.25, 0.3) is 0 Å². The van der Waals surface area contributed by atoms with E-state index < -0.39 is 5.97 Å². The summed E-state index contributed by atoms with van der Waals surface area (Å²) in [5.41, 5.74) is 1.22. The first kappa shape index (κ1) is 22.0. The van der Waals surface area contributed by atoms with E-state index in [1.54, 1.807) is 18.2 Å². The van der Waals surface area contributed by atoms with Crippen LogP contribution in [-0.2, 0) is 6.42 Å². The average Bonchev–Trinajstić information content (AvgIpc) is 2.85. The van der Waals surface area contributed by atoms with Gasteiger partial charge < -0.3 is 23.4 Å². The number of hydrogen-bond acceptors (Lipinski definition) is 7. The van der Waals surface area contributed by atoms with E-state index in [4.69, 9.17) is 23.4 Å². The number of carbonyl (C=O) groups excluding carboxylic acids is 1. The predicted molar refractivity (Wildman–Crippen MR) is 123 cm³/mol. The van der Waals surface area contributed by atoms with Gasteiger partial charge in [0, 0.05) is 6.07 Å². The Labute approximate surface area is 190 Å². The molecule has 0 unspecified atom stereocenters. The number of ether oxygens (including phenoxy) is 4. The van der Waals surface area contributed by atoms with Crippen LogP contribution in [0.2, 0.25) is 0 Å². The molecule has 0 saturated carbocycles. The molecule has 7 nitrogen and oxygen atoms in total. The van der Waals surface area contributed by atoms with Crippen molar-refractivity contribution in [3.63, 3.8) is 0 Å². The molecule has 0 radical (unpaired) electrons. The number of fused-ring (bicyclic) bond motifs is 1. The molecule has 0 N–H and O–H groups in total. The van der Waals surface area contributed by atoms with Crippen molar-refractivity contribution < 1.29 is 28.2 Å². The molecule has 0 atom stereocenters. The molecule has 1 aromatic heterocycles. The first-order chi connectivity index (χ1) is 16.0. The van der Waals surface area contributed by atoms with Gasteiger partial charge in [-0.2, -0.15) is 0 Å². The van der Waals surface area contributed by atoms with Gasteiger partial charge in [-0.1, -0.05) is 25.1 Å². The highest BCUT2D eigenvalue weighted by Crippen LogP contribution is 2.29. The third kappa shape index (κ3) is 4.52. The van der Waals surface area contributed by atoms with Crippen molar-refractivity contribution in [3.8, 4) is 28.7 Å². The Bertz CT molecular complexity index is 1370. The zero-order chi connectivity index (χ0) is 23.4. The van der Waals surface area contributed by atoms with Crippen LogP contribution >= 0.6 is 0 Å². The second-order valence-electron chi connectivity index (χ2n) is 7.11. The lowest BCUT2D eigenvalue weighted by molar-refractivity contribution is 0.0734. The standard InChI is InChI=1S/C26H22O7/c1-4-16-7-5-6-8-20(16)33-24-15-31-22-14-18(10-11-19(22)25(24)27)32-26(28)17-9-12-21(29-2)23(13-17)30-3/h5-15H,4H2,1-3H3. The summed E-state index contributed by atoms with van der Waals surface area (Å²) in [7, 11) is 2.99. The fourth-order valence-electron chi connectivity index (χ4n) is 3.37. The van der Waals surface area contributed by atoms with Crippen LogP contribution in [0.3, 0.4) is 0 Å². The van der Waals surface area contributed by atoms with Crippen molar-refractivity contribution in [2.24, 2.45) is 0 Å². The van der Waals surface area contributed by atoms with Gasteiger partial charge >= 0.3 is 5.97 Å². The van der Waals surface area contributed by atoms with Gasteiger partial charge in [-0.25, -0.2) is 4.79 Å². The molecule has 1 heterocycles. The van der Waals surface area contributed by atoms with Crippen molar-refractivity contribution in [3.05, 3.63) is 88.3 Å². The first-order valence-electron chi connectivity index (χ1n) is 10.3. The van der Waals surface area contributed by atoms with Gasteiger partial charge in [-0.05, 0) is 48.4 Å². The fraction of sp³-hybridized carbons (Fsp3) is 0.154. The number of rotatable bonds is 7. The molecular weight excluding hydrogens is 424 g/mol. The van der Waals surface area contributed by atoms with Crippen LogP contribution in [0, 0.1) is 0 Å². The molecule has 0 spiro atoms. The molecule has 0 aliphatic carbocycles. The van der Waals surface area contributed by atoms with Gasteiger partial charge in [0.05, 0.1) is 25.2 Å². The van der Waals surface area contributed by atoms with Crippen LogP contribution in [0.15, 0.2) is 76.1 Å². The number of aryl methyl sites for hydroxylation is 1. The summed E-state index contributed by atoms with van der Waals surface area (Å²) in [4.78, 5) is 25.5. The molecule has 168 valence electrons. The number of hydrogen-bond donors (Lipinski definition) is 0. The lowest BCUT2D eigenvalue weighted by atomic mass is 10.1. The maximum Gasteiger partial charge on any atom is 0.343 e. The van der Waals surface area contributed by atoms with E-state index in [1.165, 1.54) is 44.7 Å². The van der Waals surface area contributed by atoms with Crippen LogP contribution < -0.4 is 24.4 Å². The zero-order valence-corrected chi connectivity index (χ0v) is 18.4. The van der Waals surface area contributed by atoms with Crippen molar-refractivity contribution >= 4 is 16.9 Å². The third-order valence-electron chi connectivity index (χ3n) is 5.12. The van der Waals surface area contributed by atoms with Gasteiger partial charge in [-0.15, -0.1) is 0 Å². The second-order valence-corrected chi connectivity index (χ2v) is 7.11. The molecule has 33 heavy (non-hydrogen) atoms. The quantitative estimate of drug-likeness (QED) is 0.278. The van der Waals surface area contributed by atoms with E-state index in [2.05, 4.69) is 0 Å². The molecule has 4 rings (SSSR count). The summed E-state index contributed by atoms with van der Waals surface area (Å²) >= 11 is 0. The summed E-state index contributed by atoms with van der Waals surface area (Å²) < 4.78 is 27.3. The Morgan fingerprint density at radius 3 is 2.42 bits per heavy atom. The number of benzene rings is 3. The smallest absolute Gasteiger partial charge is 0.343 e. The molecule has 4 aromatic rings. The SMILES string of the molecule is CCc1ccccc1Oc1coc2cc(OC(=O)c3ccc(OC)c(OC)c3)ccc2c1=O. The molecule has 0 saturated heterocycles. The van der Waals surface area contributed by atoms with Gasteiger partial charge in [0.2, 0.25) is 11.2 Å². The third-order valence-corrected chi connectivity index (χ3v) is 5.12. The lowest BCUT2D eigenvalue weighted by Gasteiger charge is -2.10. The highest BCUT2D eigenvalue weighted by Gasteiger charge is 2.15. The van der Waals surface area contributed by atoms with Crippen LogP contribution in [-0.4, -0.2) is 20.2 Å². The van der Waals surface area contributed by atoms with Crippen LogP contribution in [0.25, 0.3) is 11.0 Å². The maximum atomic E-state index is 12.9. The van der Waals surface area contributed by atoms with E-state index in [-0.39, 0.29) is 28.1 Å². The number of esters is 1. The highest BCUT2D eigenvalue weighted by molar-refractivity contribution is 5.92. The van der Waals surface area contributed by atoms with Crippen LogP contribution in [0.5, 0.6) is 28.7 Å². The van der Waals surface area contributed by atoms with E-state index in [9.17, 15) is 9.59 Å². The normalized spacial score (nSPS) is 10.6. The summed E-state index contributed by atoms with van der Waals surface area (Å²) in [5, 5.41) is 0.312. The minimum Gasteiger partial charge on any atom is -0.493 e. The molecule has 0 bridgehead atoms. The van der Waals surface area contributed by atoms with Gasteiger partial charge in [0.1, 0.15) is 23.3 Å². The monoisotopic (exact) mass is 446 g/mol. The number of methoxy groups -OCH3 is 2. The van der Waals surface area contributed by atoms with E-state index in [1.807, 2.05) is 25.1 Å². The van der Waals surface area contributed by atoms with Gasteiger partial charge in [-0.3, -0.25) is 4.79 Å². The average molecular weight is 446 g/mol. The van der Waals surface area contributed by atoms with Crippen LogP contribution in [0.4, 0.5) is 0 Å². The topological polar surface area (TPSA) is 84.2 Å². The van der Waals surface area contributed by atoms with E-state index in [0.717, 1.165) is 12.0 Å². The minimum absolute atomic E-state index is 0.0819. The van der Waals surface area contributed by atoms with E-state index in [0.29, 0.717) is 22.6 Å². The molecule has 3 aromatic carbocycles. The molecule has 0 aliphatic rings. The summed E-state index contributed by atoms with van der Waals surface area (Å²) in [6.45, 7) is 2.01. The maximum absolute atomic E-state index is 12.9. The van der Waals surface area contributed by atoms with Crippen molar-refractivity contribution in [1.29, 1.82) is 0 Å². The Balaban J connectivity index is 1.58. The Morgan fingerprint density at radius 1 is 0.879 bits per heavy atom. The molecule has 0 aliphatic heterocycles. The highest BCUT2D eigenvalue weighted by atomic mass is 16.5. The van der Waals surface area contributed by atoms with Gasteiger partial charge in [0.15, 0.2) is 11.5 Å². The Morgan fingerprint density at radius 2 is 1.67 bits per heavy atom. The number of para-hydroxylation sites is 1. The van der Waals surface area contributed by atoms with Crippen molar-refractivity contribution in [2.45, 2.75) is 13.3 Å².